The lowest BCUT2D eigenvalue weighted by Crippen LogP contribution is -2.17. The molecule has 0 unspecified atom stereocenters. The second-order valence-corrected chi connectivity index (χ2v) is 8.01. The van der Waals surface area contributed by atoms with E-state index in [1.54, 1.807) is 0 Å². The zero-order valence-corrected chi connectivity index (χ0v) is 17.7. The van der Waals surface area contributed by atoms with Crippen LogP contribution >= 0.6 is 38.9 Å². The Morgan fingerprint density at radius 1 is 1.24 bits per heavy atom. The number of rotatable bonds is 6. The number of nitrogens with zero attached hydrogens (tertiary/aromatic N) is 3. The molecule has 1 heterocycles. The zero-order valence-electron chi connectivity index (χ0n) is 14.5. The van der Waals surface area contributed by atoms with Gasteiger partial charge < -0.3 is 0 Å². The van der Waals surface area contributed by atoms with E-state index in [2.05, 4.69) is 26.5 Å². The number of carbonyl (C=O) groups excluding carboxylic acids is 1. The number of carbonyl (C=O) groups is 1. The van der Waals surface area contributed by atoms with E-state index in [9.17, 15) is 19.7 Å². The standard InChI is InChI=1S/C18H12BrClN4O4S/c19-13-5-1-11(2-6-13)10-23-16(20)15(29-18(23)26)9-21-22-17(25)12-3-7-14(8-4-12)24(27)28/h1-9H,10H2,(H,22,25)/b21-9+. The number of hydrogen-bond acceptors (Lipinski definition) is 6. The van der Waals surface area contributed by atoms with Crippen LogP contribution in [0.25, 0.3) is 0 Å². The van der Waals surface area contributed by atoms with Crippen LogP contribution < -0.4 is 10.3 Å². The van der Waals surface area contributed by atoms with Gasteiger partial charge in [-0.05, 0) is 29.8 Å². The molecular formula is C18H12BrClN4O4S. The van der Waals surface area contributed by atoms with Crippen molar-refractivity contribution in [2.75, 3.05) is 0 Å². The summed E-state index contributed by atoms with van der Waals surface area (Å²) in [5, 5.41) is 14.7. The number of nitro groups is 1. The Bertz CT molecular complexity index is 1140. The van der Waals surface area contributed by atoms with Crippen molar-refractivity contribution in [1.29, 1.82) is 0 Å². The van der Waals surface area contributed by atoms with Gasteiger partial charge in [-0.1, -0.05) is 51.0 Å². The van der Waals surface area contributed by atoms with Crippen molar-refractivity contribution in [2.24, 2.45) is 5.10 Å². The lowest BCUT2D eigenvalue weighted by molar-refractivity contribution is -0.384. The van der Waals surface area contributed by atoms with Gasteiger partial charge in [0.1, 0.15) is 5.15 Å². The molecule has 0 spiro atoms. The third-order valence-electron chi connectivity index (χ3n) is 3.80. The molecule has 0 radical (unpaired) electrons. The van der Waals surface area contributed by atoms with E-state index in [4.69, 9.17) is 11.6 Å². The quantitative estimate of drug-likeness (QED) is 0.316. The minimum Gasteiger partial charge on any atom is -0.284 e. The lowest BCUT2D eigenvalue weighted by Gasteiger charge is -2.04. The van der Waals surface area contributed by atoms with Gasteiger partial charge in [0.25, 0.3) is 11.6 Å². The molecule has 1 aromatic heterocycles. The van der Waals surface area contributed by atoms with Crippen molar-refractivity contribution in [3.8, 4) is 0 Å². The fraction of sp³-hybridized carbons (Fsp3) is 0.0556. The Labute approximate surface area is 181 Å². The van der Waals surface area contributed by atoms with Crippen LogP contribution in [0.3, 0.4) is 0 Å². The first-order valence-electron chi connectivity index (χ1n) is 8.06. The highest BCUT2D eigenvalue weighted by molar-refractivity contribution is 9.10. The molecule has 148 valence electrons. The Hall–Kier alpha value is -2.82. The van der Waals surface area contributed by atoms with Gasteiger partial charge in [-0.3, -0.25) is 24.3 Å². The zero-order chi connectivity index (χ0) is 21.0. The summed E-state index contributed by atoms with van der Waals surface area (Å²) in [5.74, 6) is -0.547. The molecule has 2 aromatic carbocycles. The number of aromatic nitrogens is 1. The summed E-state index contributed by atoms with van der Waals surface area (Å²) in [6.45, 7) is 0.310. The maximum Gasteiger partial charge on any atom is 0.309 e. The van der Waals surface area contributed by atoms with Crippen LogP contribution in [-0.2, 0) is 6.54 Å². The van der Waals surface area contributed by atoms with Crippen LogP contribution in [0.5, 0.6) is 0 Å². The van der Waals surface area contributed by atoms with Crippen molar-refractivity contribution >= 4 is 56.7 Å². The van der Waals surface area contributed by atoms with Crippen molar-refractivity contribution in [3.63, 3.8) is 0 Å². The number of hydrogen-bond donors (Lipinski definition) is 1. The van der Waals surface area contributed by atoms with Crippen LogP contribution in [0.2, 0.25) is 5.15 Å². The molecule has 0 atom stereocenters. The van der Waals surface area contributed by atoms with Gasteiger partial charge in [-0.15, -0.1) is 0 Å². The average Bonchev–Trinajstić information content (AvgIpc) is 2.97. The maximum absolute atomic E-state index is 12.2. The van der Waals surface area contributed by atoms with E-state index >= 15 is 0 Å². The number of nitrogens with one attached hydrogen (secondary N) is 1. The minimum absolute atomic E-state index is 0.117. The summed E-state index contributed by atoms with van der Waals surface area (Å²) in [6.07, 6.45) is 1.29. The van der Waals surface area contributed by atoms with Crippen LogP contribution in [0.15, 0.2) is 62.9 Å². The molecule has 1 amide bonds. The molecule has 11 heteroatoms. The molecule has 0 aliphatic heterocycles. The Balaban J connectivity index is 1.69. The molecular weight excluding hydrogens is 484 g/mol. The van der Waals surface area contributed by atoms with Crippen LogP contribution in [-0.4, -0.2) is 21.6 Å². The number of amides is 1. The molecule has 1 N–H and O–H groups in total. The van der Waals surface area contributed by atoms with E-state index in [0.717, 1.165) is 21.4 Å². The van der Waals surface area contributed by atoms with Crippen molar-refractivity contribution in [3.05, 3.63) is 93.9 Å². The summed E-state index contributed by atoms with van der Waals surface area (Å²) in [5.41, 5.74) is 3.30. The van der Waals surface area contributed by atoms with Gasteiger partial charge in [-0.2, -0.15) is 5.10 Å². The van der Waals surface area contributed by atoms with Crippen LogP contribution in [0.1, 0.15) is 20.8 Å². The first-order chi connectivity index (χ1) is 13.8. The normalized spacial score (nSPS) is 11.0. The second kappa shape index (κ2) is 9.12. The molecule has 0 bridgehead atoms. The smallest absolute Gasteiger partial charge is 0.284 e. The second-order valence-electron chi connectivity index (χ2n) is 5.74. The van der Waals surface area contributed by atoms with E-state index in [0.29, 0.717) is 11.4 Å². The number of thiazole rings is 1. The molecule has 0 aliphatic carbocycles. The molecule has 29 heavy (non-hydrogen) atoms. The van der Waals surface area contributed by atoms with Crippen molar-refractivity contribution in [2.45, 2.75) is 6.54 Å². The van der Waals surface area contributed by atoms with Gasteiger partial charge in [0.2, 0.25) is 0 Å². The highest BCUT2D eigenvalue weighted by Gasteiger charge is 2.13. The first-order valence-corrected chi connectivity index (χ1v) is 10.1. The average molecular weight is 496 g/mol. The highest BCUT2D eigenvalue weighted by Crippen LogP contribution is 2.19. The van der Waals surface area contributed by atoms with E-state index < -0.39 is 10.8 Å². The summed E-state index contributed by atoms with van der Waals surface area (Å²) in [7, 11) is 0. The molecule has 3 rings (SSSR count). The van der Waals surface area contributed by atoms with E-state index in [-0.39, 0.29) is 21.3 Å². The Morgan fingerprint density at radius 2 is 1.90 bits per heavy atom. The topological polar surface area (TPSA) is 107 Å². The summed E-state index contributed by atoms with van der Waals surface area (Å²) in [6, 6.07) is 12.6. The van der Waals surface area contributed by atoms with Crippen molar-refractivity contribution < 1.29 is 9.72 Å². The summed E-state index contributed by atoms with van der Waals surface area (Å²) in [4.78, 5) is 34.5. The maximum atomic E-state index is 12.2. The molecule has 0 saturated carbocycles. The lowest BCUT2D eigenvalue weighted by atomic mass is 10.2. The predicted molar refractivity (Wildman–Crippen MR) is 115 cm³/mol. The molecule has 0 saturated heterocycles. The molecule has 0 fully saturated rings. The van der Waals surface area contributed by atoms with Crippen LogP contribution in [0.4, 0.5) is 5.69 Å². The number of benzene rings is 2. The number of non-ortho nitro benzene ring substituents is 1. The minimum atomic E-state index is -0.553. The Kier molecular flexibility index (Phi) is 6.57. The summed E-state index contributed by atoms with van der Waals surface area (Å²) < 4.78 is 2.34. The largest absolute Gasteiger partial charge is 0.309 e. The SMILES string of the molecule is O=C(N/N=C/c1sc(=O)n(Cc2ccc(Br)cc2)c1Cl)c1ccc([N+](=O)[O-])cc1. The fourth-order valence-electron chi connectivity index (χ4n) is 2.34. The van der Waals surface area contributed by atoms with Gasteiger partial charge in [0.15, 0.2) is 0 Å². The fourth-order valence-corrected chi connectivity index (χ4v) is 3.71. The predicted octanol–water partition coefficient (Wildman–Crippen LogP) is 4.05. The molecule has 0 aliphatic rings. The third-order valence-corrected chi connectivity index (χ3v) is 5.76. The van der Waals surface area contributed by atoms with Crippen LogP contribution in [0, 0.1) is 10.1 Å². The summed E-state index contributed by atoms with van der Waals surface area (Å²) >= 11 is 10.5. The van der Waals surface area contributed by atoms with Gasteiger partial charge >= 0.3 is 4.87 Å². The first kappa shape index (κ1) is 20.9. The van der Waals surface area contributed by atoms with E-state index in [1.165, 1.54) is 35.0 Å². The van der Waals surface area contributed by atoms with Gasteiger partial charge in [0.05, 0.1) is 22.6 Å². The molecule has 8 nitrogen and oxygen atoms in total. The number of halogens is 2. The highest BCUT2D eigenvalue weighted by atomic mass is 79.9. The molecule has 3 aromatic rings. The Morgan fingerprint density at radius 3 is 2.52 bits per heavy atom. The van der Waals surface area contributed by atoms with Gasteiger partial charge in [-0.25, -0.2) is 5.43 Å². The number of nitro benzene ring substituents is 1. The number of hydrazone groups is 1. The monoisotopic (exact) mass is 494 g/mol. The van der Waals surface area contributed by atoms with Gasteiger partial charge in [0, 0.05) is 22.2 Å². The van der Waals surface area contributed by atoms with E-state index in [1.807, 2.05) is 24.3 Å². The third kappa shape index (κ3) is 5.17. The van der Waals surface area contributed by atoms with Crippen molar-refractivity contribution in [1.82, 2.24) is 9.99 Å².